The van der Waals surface area contributed by atoms with Gasteiger partial charge in [-0.2, -0.15) is 0 Å². The Bertz CT molecular complexity index is 870. The Morgan fingerprint density at radius 2 is 1.79 bits per heavy atom. The zero-order chi connectivity index (χ0) is 23.4. The van der Waals surface area contributed by atoms with Crippen LogP contribution in [0.15, 0.2) is 16.8 Å². The van der Waals surface area contributed by atoms with Crippen LogP contribution in [0.3, 0.4) is 0 Å². The minimum absolute atomic E-state index is 0.00675. The molecule has 0 N–H and O–H groups in total. The Labute approximate surface area is 199 Å². The van der Waals surface area contributed by atoms with Gasteiger partial charge in [-0.1, -0.05) is 24.6 Å². The first-order valence-corrected chi connectivity index (χ1v) is 13.4. The lowest BCUT2D eigenvalue weighted by Gasteiger charge is -2.58. The number of allylic oxidation sites excluding steroid dienone is 1. The lowest BCUT2D eigenvalue weighted by Crippen LogP contribution is -2.51. The van der Waals surface area contributed by atoms with E-state index in [9.17, 15) is 9.59 Å². The zero-order valence-corrected chi connectivity index (χ0v) is 21.1. The number of rotatable bonds is 3. The summed E-state index contributed by atoms with van der Waals surface area (Å²) in [6.07, 6.45) is 12.7. The Kier molecular flexibility index (Phi) is 6.08. The predicted octanol–water partition coefficient (Wildman–Crippen LogP) is 5.40. The smallest absolute Gasteiger partial charge is 0.318 e. The van der Waals surface area contributed by atoms with E-state index in [0.29, 0.717) is 23.5 Å². The monoisotopic (exact) mass is 454 g/mol. The molecule has 5 heteroatoms. The molecule has 5 aliphatic rings. The fourth-order valence-corrected chi connectivity index (χ4v) is 8.75. The highest BCUT2D eigenvalue weighted by Gasteiger charge is 2.59. The second-order valence-corrected chi connectivity index (χ2v) is 12.4. The minimum Gasteiger partial charge on any atom is -0.318 e. The molecule has 0 aromatic rings. The van der Waals surface area contributed by atoms with Crippen LogP contribution in [-0.4, -0.2) is 42.5 Å². The van der Waals surface area contributed by atoms with Crippen LogP contribution in [0, 0.1) is 40.4 Å². The van der Waals surface area contributed by atoms with E-state index in [2.05, 4.69) is 37.9 Å². The molecule has 1 heterocycles. The molecule has 0 bridgehead atoms. The van der Waals surface area contributed by atoms with Crippen LogP contribution in [0.1, 0.15) is 85.0 Å². The fraction of sp³-hybridized carbons (Fsp3) is 0.821. The quantitative estimate of drug-likeness (QED) is 0.326. The minimum atomic E-state index is -0.141. The molecule has 6 atom stereocenters. The van der Waals surface area contributed by atoms with Crippen molar-refractivity contribution in [3.8, 4) is 0 Å². The van der Waals surface area contributed by atoms with Crippen LogP contribution in [0.4, 0.5) is 0 Å². The Balaban J connectivity index is 1.28. The van der Waals surface area contributed by atoms with Gasteiger partial charge in [0, 0.05) is 12.3 Å². The van der Waals surface area contributed by atoms with Crippen LogP contribution in [-0.2, 0) is 14.4 Å². The molecule has 182 valence electrons. The molecule has 4 fully saturated rings. The molecule has 1 saturated heterocycles. The van der Waals surface area contributed by atoms with Gasteiger partial charge in [-0.05, 0) is 120 Å². The number of likely N-dealkylation sites (tertiary alicyclic amines) is 1. The molecule has 0 aromatic carbocycles. The summed E-state index contributed by atoms with van der Waals surface area (Å²) in [4.78, 5) is 32.4. The number of piperidine rings is 1. The first kappa shape index (κ1) is 23.3. The maximum absolute atomic E-state index is 12.6. The van der Waals surface area contributed by atoms with E-state index in [-0.39, 0.29) is 22.7 Å². The largest absolute Gasteiger partial charge is 0.338 e. The molecule has 3 saturated carbocycles. The van der Waals surface area contributed by atoms with Gasteiger partial charge in [-0.15, -0.1) is 0 Å². The van der Waals surface area contributed by atoms with Crippen molar-refractivity contribution in [2.45, 2.75) is 85.0 Å². The normalized spacial score (nSPS) is 42.2. The standard InChI is InChI=1S/C28H42N2O3/c1-18(29-33-26(32)19-11-15-30(4)16-12-19)23-7-8-24-22-6-5-20-17-21(31)9-13-27(20,2)25(22)10-14-28(23,24)3/h17,19,22-25H,5-16H2,1-4H3/b29-18+/t22-,23+,24-,25-,27-,28+/m0/s1. The highest BCUT2D eigenvalue weighted by Crippen LogP contribution is 2.66. The maximum Gasteiger partial charge on any atom is 0.338 e. The van der Waals surface area contributed by atoms with Gasteiger partial charge in [-0.25, -0.2) is 4.79 Å². The van der Waals surface area contributed by atoms with Crippen LogP contribution < -0.4 is 0 Å². The van der Waals surface area contributed by atoms with E-state index in [4.69, 9.17) is 4.84 Å². The summed E-state index contributed by atoms with van der Waals surface area (Å²) in [5, 5.41) is 4.44. The number of hydrogen-bond acceptors (Lipinski definition) is 5. The van der Waals surface area contributed by atoms with E-state index in [0.717, 1.165) is 63.2 Å². The summed E-state index contributed by atoms with van der Waals surface area (Å²) in [6.45, 7) is 8.94. The van der Waals surface area contributed by atoms with Crippen molar-refractivity contribution < 1.29 is 14.4 Å². The third-order valence-corrected chi connectivity index (χ3v) is 10.8. The Hall–Kier alpha value is -1.49. The zero-order valence-electron chi connectivity index (χ0n) is 21.1. The molecule has 0 unspecified atom stereocenters. The lowest BCUT2D eigenvalue weighted by atomic mass is 9.46. The van der Waals surface area contributed by atoms with Crippen molar-refractivity contribution in [1.82, 2.24) is 4.90 Å². The van der Waals surface area contributed by atoms with Gasteiger partial charge in [0.15, 0.2) is 5.78 Å². The van der Waals surface area contributed by atoms with Crippen molar-refractivity contribution >= 4 is 17.5 Å². The number of ketones is 1. The van der Waals surface area contributed by atoms with E-state index >= 15 is 0 Å². The van der Waals surface area contributed by atoms with Gasteiger partial charge in [-0.3, -0.25) is 4.79 Å². The van der Waals surface area contributed by atoms with Gasteiger partial charge in [0.2, 0.25) is 0 Å². The molecule has 33 heavy (non-hydrogen) atoms. The number of nitrogens with zero attached hydrogens (tertiary/aromatic N) is 2. The highest BCUT2D eigenvalue weighted by atomic mass is 16.7. The summed E-state index contributed by atoms with van der Waals surface area (Å²) < 4.78 is 0. The van der Waals surface area contributed by atoms with E-state index in [1.54, 1.807) is 0 Å². The summed E-state index contributed by atoms with van der Waals surface area (Å²) in [5.74, 6) is 2.77. The number of hydrogen-bond donors (Lipinski definition) is 0. The molecule has 0 spiro atoms. The van der Waals surface area contributed by atoms with Crippen molar-refractivity contribution in [2.75, 3.05) is 20.1 Å². The lowest BCUT2D eigenvalue weighted by molar-refractivity contribution is -0.150. The maximum atomic E-state index is 12.6. The first-order valence-electron chi connectivity index (χ1n) is 13.4. The molecule has 1 aliphatic heterocycles. The number of carbonyl (C=O) groups excluding carboxylic acids is 2. The number of oxime groups is 1. The molecule has 5 nitrogen and oxygen atoms in total. The number of carbonyl (C=O) groups is 2. The van der Waals surface area contributed by atoms with Gasteiger partial charge in [0.05, 0.1) is 11.6 Å². The van der Waals surface area contributed by atoms with E-state index in [1.807, 2.05) is 6.08 Å². The Morgan fingerprint density at radius 3 is 2.55 bits per heavy atom. The summed E-state index contributed by atoms with van der Waals surface area (Å²) in [5.41, 5.74) is 2.93. The third-order valence-electron chi connectivity index (χ3n) is 10.8. The van der Waals surface area contributed by atoms with Crippen molar-refractivity contribution in [2.24, 2.45) is 45.6 Å². The molecule has 0 amide bonds. The van der Waals surface area contributed by atoms with Gasteiger partial charge in [0.1, 0.15) is 0 Å². The second kappa shape index (κ2) is 8.62. The fourth-order valence-electron chi connectivity index (χ4n) is 8.75. The van der Waals surface area contributed by atoms with Crippen molar-refractivity contribution in [3.05, 3.63) is 11.6 Å². The molecule has 4 aliphatic carbocycles. The molecular weight excluding hydrogens is 412 g/mol. The van der Waals surface area contributed by atoms with Crippen LogP contribution in [0.2, 0.25) is 0 Å². The summed E-state index contributed by atoms with van der Waals surface area (Å²) in [7, 11) is 2.10. The molecule has 5 rings (SSSR count). The van der Waals surface area contributed by atoms with Gasteiger partial charge >= 0.3 is 5.97 Å². The topological polar surface area (TPSA) is 59.0 Å². The van der Waals surface area contributed by atoms with E-state index < -0.39 is 0 Å². The summed E-state index contributed by atoms with van der Waals surface area (Å²) >= 11 is 0. The average Bonchev–Trinajstić information content (AvgIpc) is 3.15. The van der Waals surface area contributed by atoms with Crippen LogP contribution in [0.5, 0.6) is 0 Å². The number of fused-ring (bicyclic) bond motifs is 5. The third kappa shape index (κ3) is 3.92. The second-order valence-electron chi connectivity index (χ2n) is 12.4. The van der Waals surface area contributed by atoms with E-state index in [1.165, 1.54) is 31.3 Å². The van der Waals surface area contributed by atoms with Crippen molar-refractivity contribution in [1.29, 1.82) is 0 Å². The molecular formula is C28H42N2O3. The average molecular weight is 455 g/mol. The Morgan fingerprint density at radius 1 is 1.03 bits per heavy atom. The van der Waals surface area contributed by atoms with Gasteiger partial charge in [0.25, 0.3) is 0 Å². The SMILES string of the molecule is C/C(=N\OC(=O)C1CCN(C)CC1)[C@H]1CC[C@H]2[C@@H]3CCC4=CC(=O)CC[C@]4(C)[C@H]3CC[C@]12C. The predicted molar refractivity (Wildman–Crippen MR) is 130 cm³/mol. The van der Waals surface area contributed by atoms with Crippen LogP contribution in [0.25, 0.3) is 0 Å². The summed E-state index contributed by atoms with van der Waals surface area (Å²) in [6, 6.07) is 0. The highest BCUT2D eigenvalue weighted by molar-refractivity contribution is 5.91. The van der Waals surface area contributed by atoms with Crippen molar-refractivity contribution in [3.63, 3.8) is 0 Å². The van der Waals surface area contributed by atoms with Crippen LogP contribution >= 0.6 is 0 Å². The molecule has 0 radical (unpaired) electrons. The van der Waals surface area contributed by atoms with Gasteiger partial charge < -0.3 is 9.74 Å². The first-order chi connectivity index (χ1) is 15.7. The molecule has 0 aromatic heterocycles.